The van der Waals surface area contributed by atoms with E-state index >= 15 is 0 Å². The third kappa shape index (κ3) is 2.15. The lowest BCUT2D eigenvalue weighted by atomic mass is 9.92. The Hall–Kier alpha value is -1.00. The van der Waals surface area contributed by atoms with E-state index in [2.05, 4.69) is 5.32 Å². The molecule has 0 bridgehead atoms. The normalized spacial score (nSPS) is 31.2. The van der Waals surface area contributed by atoms with Crippen LogP contribution in [0, 0.1) is 5.92 Å². The number of alkyl halides is 2. The van der Waals surface area contributed by atoms with Crippen LogP contribution in [0.5, 0.6) is 0 Å². The maximum atomic E-state index is 14.0. The summed E-state index contributed by atoms with van der Waals surface area (Å²) in [5.74, 6) is -3.07. The van der Waals surface area contributed by atoms with E-state index in [0.29, 0.717) is 13.1 Å². The maximum absolute atomic E-state index is 14.0. The van der Waals surface area contributed by atoms with Gasteiger partial charge in [-0.2, -0.15) is 0 Å². The molecule has 0 aromatic heterocycles. The zero-order valence-corrected chi connectivity index (χ0v) is 10.3. The van der Waals surface area contributed by atoms with Gasteiger partial charge in [0.05, 0.1) is 12.5 Å². The Morgan fingerprint density at radius 3 is 2.83 bits per heavy atom. The molecule has 2 atom stereocenters. The van der Waals surface area contributed by atoms with Gasteiger partial charge in [-0.3, -0.25) is 4.90 Å². The quantitative estimate of drug-likeness (QED) is 0.867. The highest BCUT2D eigenvalue weighted by molar-refractivity contribution is 5.16. The molecule has 2 saturated heterocycles. The summed E-state index contributed by atoms with van der Waals surface area (Å²) in [4.78, 5) is 1.96. The van der Waals surface area contributed by atoms with E-state index in [4.69, 9.17) is 0 Å². The Morgan fingerprint density at radius 1 is 1.28 bits per heavy atom. The van der Waals surface area contributed by atoms with Crippen LogP contribution in [0.2, 0.25) is 0 Å². The fraction of sp³-hybridized carbons (Fsp3) is 0.571. The summed E-state index contributed by atoms with van der Waals surface area (Å²) in [5, 5.41) is 3.09. The summed E-state index contributed by atoms with van der Waals surface area (Å²) in [7, 11) is 0. The van der Waals surface area contributed by atoms with Crippen LogP contribution in [0.15, 0.2) is 30.3 Å². The van der Waals surface area contributed by atoms with Gasteiger partial charge >= 0.3 is 0 Å². The summed E-state index contributed by atoms with van der Waals surface area (Å²) in [6.07, 6.45) is 0.826. The molecule has 1 N–H and O–H groups in total. The molecule has 0 aliphatic carbocycles. The molecule has 2 nitrogen and oxygen atoms in total. The molecule has 0 saturated carbocycles. The average molecular weight is 252 g/mol. The molecule has 2 unspecified atom stereocenters. The molecule has 2 fully saturated rings. The molecule has 18 heavy (non-hydrogen) atoms. The molecule has 2 aliphatic rings. The van der Waals surface area contributed by atoms with Crippen LogP contribution in [-0.4, -0.2) is 36.5 Å². The number of rotatable bonds is 2. The molecular formula is C14H18F2N2. The summed E-state index contributed by atoms with van der Waals surface area (Å²) in [6.45, 7) is 1.84. The van der Waals surface area contributed by atoms with Gasteiger partial charge in [0.2, 0.25) is 0 Å². The van der Waals surface area contributed by atoms with E-state index in [-0.39, 0.29) is 12.6 Å². The Kier molecular flexibility index (Phi) is 3.08. The largest absolute Gasteiger partial charge is 0.316 e. The maximum Gasteiger partial charge on any atom is 0.266 e. The van der Waals surface area contributed by atoms with E-state index in [1.54, 1.807) is 0 Å². The number of nitrogens with one attached hydrogen (secondary N) is 1. The number of benzene rings is 1. The van der Waals surface area contributed by atoms with Crippen molar-refractivity contribution in [3.8, 4) is 0 Å². The van der Waals surface area contributed by atoms with E-state index in [9.17, 15) is 8.78 Å². The first-order valence-electron chi connectivity index (χ1n) is 6.53. The van der Waals surface area contributed by atoms with Crippen LogP contribution >= 0.6 is 0 Å². The number of halogens is 2. The van der Waals surface area contributed by atoms with Crippen molar-refractivity contribution in [3.05, 3.63) is 35.9 Å². The van der Waals surface area contributed by atoms with Gasteiger partial charge < -0.3 is 5.32 Å². The van der Waals surface area contributed by atoms with Crippen molar-refractivity contribution in [2.24, 2.45) is 5.92 Å². The number of piperidine rings is 1. The zero-order chi connectivity index (χ0) is 12.6. The Bertz CT molecular complexity index is 408. The molecule has 98 valence electrons. The predicted molar refractivity (Wildman–Crippen MR) is 66.6 cm³/mol. The monoisotopic (exact) mass is 252 g/mol. The molecule has 1 aromatic rings. The van der Waals surface area contributed by atoms with Crippen molar-refractivity contribution < 1.29 is 8.78 Å². The average Bonchev–Trinajstić information content (AvgIpc) is 2.63. The van der Waals surface area contributed by atoms with Crippen molar-refractivity contribution >= 4 is 0 Å². The summed E-state index contributed by atoms with van der Waals surface area (Å²) in [5.41, 5.74) is 1.12. The van der Waals surface area contributed by atoms with Crippen molar-refractivity contribution in [2.75, 3.05) is 19.6 Å². The third-order valence-electron chi connectivity index (χ3n) is 4.10. The van der Waals surface area contributed by atoms with E-state index in [0.717, 1.165) is 18.5 Å². The van der Waals surface area contributed by atoms with Gasteiger partial charge in [-0.25, -0.2) is 8.78 Å². The molecular weight excluding hydrogens is 234 g/mol. The number of likely N-dealkylation sites (tertiary alicyclic amines) is 1. The van der Waals surface area contributed by atoms with Gasteiger partial charge in [-0.1, -0.05) is 30.3 Å². The Morgan fingerprint density at radius 2 is 2.06 bits per heavy atom. The van der Waals surface area contributed by atoms with Crippen LogP contribution in [0.4, 0.5) is 8.78 Å². The van der Waals surface area contributed by atoms with Crippen molar-refractivity contribution in [1.29, 1.82) is 0 Å². The third-order valence-corrected chi connectivity index (χ3v) is 4.10. The van der Waals surface area contributed by atoms with Gasteiger partial charge in [0.25, 0.3) is 5.92 Å². The van der Waals surface area contributed by atoms with Gasteiger partial charge in [-0.05, 0) is 18.5 Å². The molecule has 0 spiro atoms. The molecule has 1 aromatic carbocycles. The SMILES string of the molecule is FC1(F)CN(Cc2ccccc2)C2CCNCC21. The van der Waals surface area contributed by atoms with Crippen LogP contribution in [0.1, 0.15) is 12.0 Å². The second-order valence-electron chi connectivity index (χ2n) is 5.32. The molecule has 2 heterocycles. The van der Waals surface area contributed by atoms with Crippen LogP contribution in [-0.2, 0) is 6.54 Å². The zero-order valence-electron chi connectivity index (χ0n) is 10.3. The van der Waals surface area contributed by atoms with Crippen molar-refractivity contribution in [1.82, 2.24) is 10.2 Å². The van der Waals surface area contributed by atoms with Crippen LogP contribution < -0.4 is 5.32 Å². The van der Waals surface area contributed by atoms with Crippen LogP contribution in [0.3, 0.4) is 0 Å². The lowest BCUT2D eigenvalue weighted by molar-refractivity contribution is -0.0328. The lowest BCUT2D eigenvalue weighted by Gasteiger charge is -2.32. The molecule has 3 rings (SSSR count). The molecule has 2 aliphatic heterocycles. The fourth-order valence-corrected chi connectivity index (χ4v) is 3.21. The number of fused-ring (bicyclic) bond motifs is 1. The van der Waals surface area contributed by atoms with Gasteiger partial charge in [0.15, 0.2) is 0 Å². The summed E-state index contributed by atoms with van der Waals surface area (Å²) in [6, 6.07) is 9.92. The number of hydrogen-bond donors (Lipinski definition) is 1. The first kappa shape index (κ1) is 12.1. The number of nitrogens with zero attached hydrogens (tertiary/aromatic N) is 1. The van der Waals surface area contributed by atoms with E-state index in [1.807, 2.05) is 35.2 Å². The molecule has 4 heteroatoms. The smallest absolute Gasteiger partial charge is 0.266 e. The van der Waals surface area contributed by atoms with E-state index in [1.165, 1.54) is 0 Å². The second-order valence-corrected chi connectivity index (χ2v) is 5.32. The second kappa shape index (κ2) is 4.59. The lowest BCUT2D eigenvalue weighted by Crippen LogP contribution is -2.46. The minimum Gasteiger partial charge on any atom is -0.316 e. The fourth-order valence-electron chi connectivity index (χ4n) is 3.21. The highest BCUT2D eigenvalue weighted by Crippen LogP contribution is 2.40. The summed E-state index contributed by atoms with van der Waals surface area (Å²) >= 11 is 0. The Balaban J connectivity index is 1.77. The topological polar surface area (TPSA) is 15.3 Å². The standard InChI is InChI=1S/C14H18F2N2/c15-14(16)10-18(9-11-4-2-1-3-5-11)13-6-7-17-8-12(13)14/h1-5,12-13,17H,6-10H2. The van der Waals surface area contributed by atoms with Crippen molar-refractivity contribution in [2.45, 2.75) is 24.9 Å². The molecule has 0 radical (unpaired) electrons. The number of hydrogen-bond acceptors (Lipinski definition) is 2. The first-order chi connectivity index (χ1) is 8.67. The van der Waals surface area contributed by atoms with Crippen molar-refractivity contribution in [3.63, 3.8) is 0 Å². The predicted octanol–water partition coefficient (Wildman–Crippen LogP) is 2.12. The minimum atomic E-state index is -2.55. The highest BCUT2D eigenvalue weighted by atomic mass is 19.3. The van der Waals surface area contributed by atoms with Gasteiger partial charge in [0.1, 0.15) is 0 Å². The van der Waals surface area contributed by atoms with Crippen LogP contribution in [0.25, 0.3) is 0 Å². The summed E-state index contributed by atoms with van der Waals surface area (Å²) < 4.78 is 27.9. The molecule has 0 amide bonds. The minimum absolute atomic E-state index is 0.0291. The van der Waals surface area contributed by atoms with E-state index < -0.39 is 11.8 Å². The Labute approximate surface area is 106 Å². The van der Waals surface area contributed by atoms with Gasteiger partial charge in [0, 0.05) is 19.1 Å². The first-order valence-corrected chi connectivity index (χ1v) is 6.53. The highest BCUT2D eigenvalue weighted by Gasteiger charge is 2.54. The van der Waals surface area contributed by atoms with Gasteiger partial charge in [-0.15, -0.1) is 0 Å².